The van der Waals surface area contributed by atoms with Crippen LogP contribution in [-0.4, -0.2) is 148 Å². The Balaban J connectivity index is 1.27. The Hall–Kier alpha value is -3.63. The molecule has 5 N–H and O–H groups in total. The van der Waals surface area contributed by atoms with E-state index in [0.717, 1.165) is 5.56 Å². The number of carboxylic acid groups (broad SMARTS) is 1. The van der Waals surface area contributed by atoms with Gasteiger partial charge in [-0.15, -0.1) is 0 Å². The molecule has 1 aromatic rings. The van der Waals surface area contributed by atoms with Crippen molar-refractivity contribution in [2.24, 2.45) is 5.92 Å². The van der Waals surface area contributed by atoms with Crippen molar-refractivity contribution in [3.63, 3.8) is 0 Å². The summed E-state index contributed by atoms with van der Waals surface area (Å²) in [4.78, 5) is 71.0. The van der Waals surface area contributed by atoms with Crippen molar-refractivity contribution in [1.82, 2.24) is 25.3 Å². The van der Waals surface area contributed by atoms with Gasteiger partial charge in [0.2, 0.25) is 23.6 Å². The van der Waals surface area contributed by atoms with E-state index in [1.807, 2.05) is 4.90 Å². The average molecular weight is 644 g/mol. The minimum absolute atomic E-state index is 0.0341. The number of carbonyl (C=O) groups excluding carboxylic acids is 4. The average Bonchev–Trinajstić information content (AvgIpc) is 3.57. The summed E-state index contributed by atoms with van der Waals surface area (Å²) in [7, 11) is 0. The van der Waals surface area contributed by atoms with Crippen LogP contribution in [0.3, 0.4) is 0 Å². The number of piperazine rings is 1. The SMILES string of the molecule is O=C1C[C@@H]2O[C@H](CNC(=O)[C@@H]3CN(CCN3C(=O)C3CCOCC3)C(=O)[C@@H]3C[C@@H](CN3Cc3ccc(C(=O)O)cc3)N1)[C@@H](O)[C@H]2O. The van der Waals surface area contributed by atoms with Gasteiger partial charge in [0.1, 0.15) is 24.4 Å². The van der Waals surface area contributed by atoms with Gasteiger partial charge in [0.25, 0.3) is 0 Å². The van der Waals surface area contributed by atoms with E-state index in [-0.39, 0.29) is 62.3 Å². The number of rotatable bonds is 4. The van der Waals surface area contributed by atoms with Gasteiger partial charge in [-0.3, -0.25) is 24.1 Å². The van der Waals surface area contributed by atoms with Crippen LogP contribution in [0.25, 0.3) is 0 Å². The van der Waals surface area contributed by atoms with Crippen molar-refractivity contribution in [1.29, 1.82) is 0 Å². The summed E-state index contributed by atoms with van der Waals surface area (Å²) >= 11 is 0. The lowest BCUT2D eigenvalue weighted by Gasteiger charge is -2.43. The van der Waals surface area contributed by atoms with Crippen LogP contribution in [-0.2, 0) is 35.2 Å². The molecule has 15 heteroatoms. The van der Waals surface area contributed by atoms with E-state index in [1.165, 1.54) is 12.1 Å². The molecule has 15 nitrogen and oxygen atoms in total. The number of hydrogen-bond donors (Lipinski definition) is 5. The number of aromatic carboxylic acids is 1. The fourth-order valence-electron chi connectivity index (χ4n) is 7.24. The lowest BCUT2D eigenvalue weighted by molar-refractivity contribution is -0.154. The van der Waals surface area contributed by atoms with Crippen LogP contribution in [0.15, 0.2) is 24.3 Å². The number of nitrogens with zero attached hydrogens (tertiary/aromatic N) is 3. The molecule has 46 heavy (non-hydrogen) atoms. The number of carboxylic acids is 1. The smallest absolute Gasteiger partial charge is 0.335 e. The topological polar surface area (TPSA) is 198 Å². The van der Waals surface area contributed by atoms with E-state index in [1.54, 1.807) is 21.9 Å². The number of aliphatic hydroxyl groups excluding tert-OH is 2. The molecular weight excluding hydrogens is 602 g/mol. The van der Waals surface area contributed by atoms with Crippen molar-refractivity contribution in [3.05, 3.63) is 35.4 Å². The highest BCUT2D eigenvalue weighted by Crippen LogP contribution is 2.28. The van der Waals surface area contributed by atoms with Gasteiger partial charge in [-0.05, 0) is 37.0 Å². The van der Waals surface area contributed by atoms with Gasteiger partial charge in [0.05, 0.1) is 30.7 Å². The largest absolute Gasteiger partial charge is 0.478 e. The molecule has 0 spiro atoms. The first kappa shape index (κ1) is 32.3. The molecule has 6 rings (SSSR count). The zero-order valence-electron chi connectivity index (χ0n) is 25.5. The zero-order valence-corrected chi connectivity index (χ0v) is 25.5. The minimum Gasteiger partial charge on any atom is -0.478 e. The van der Waals surface area contributed by atoms with Gasteiger partial charge in [-0.25, -0.2) is 4.79 Å². The van der Waals surface area contributed by atoms with Crippen LogP contribution < -0.4 is 10.6 Å². The number of hydrogen-bond acceptors (Lipinski definition) is 10. The number of likely N-dealkylation sites (tertiary alicyclic amines) is 1. The molecule has 0 aromatic heterocycles. The Morgan fingerprint density at radius 1 is 0.935 bits per heavy atom. The number of benzene rings is 1. The normalized spacial score (nSPS) is 33.1. The van der Waals surface area contributed by atoms with Crippen LogP contribution in [0, 0.1) is 5.92 Å². The van der Waals surface area contributed by atoms with E-state index in [2.05, 4.69) is 10.6 Å². The zero-order chi connectivity index (χ0) is 32.5. The van der Waals surface area contributed by atoms with Crippen molar-refractivity contribution >= 4 is 29.6 Å². The predicted molar refractivity (Wildman–Crippen MR) is 158 cm³/mol. The molecule has 0 radical (unpaired) electrons. The molecule has 5 saturated heterocycles. The second kappa shape index (κ2) is 13.6. The van der Waals surface area contributed by atoms with E-state index in [4.69, 9.17) is 9.47 Å². The van der Waals surface area contributed by atoms with Gasteiger partial charge in [0.15, 0.2) is 0 Å². The molecular formula is C31H41N5O10. The number of amides is 4. The Bertz CT molecular complexity index is 1340. The maximum absolute atomic E-state index is 14.2. The Morgan fingerprint density at radius 2 is 1.65 bits per heavy atom. The first-order valence-electron chi connectivity index (χ1n) is 15.9. The van der Waals surface area contributed by atoms with E-state index in [0.29, 0.717) is 39.1 Å². The third-order valence-electron chi connectivity index (χ3n) is 9.81. The van der Waals surface area contributed by atoms with Crippen molar-refractivity contribution in [2.75, 3.05) is 45.9 Å². The molecule has 5 aliphatic rings. The highest BCUT2D eigenvalue weighted by atomic mass is 16.5. The van der Waals surface area contributed by atoms with Crippen molar-refractivity contribution < 1.29 is 48.8 Å². The van der Waals surface area contributed by atoms with Gasteiger partial charge in [-0.2, -0.15) is 0 Å². The summed E-state index contributed by atoms with van der Waals surface area (Å²) in [6.45, 7) is 1.76. The number of aliphatic hydroxyl groups is 2. The molecule has 4 amide bonds. The Labute approximate surface area is 265 Å². The quantitative estimate of drug-likeness (QED) is 0.241. The van der Waals surface area contributed by atoms with Gasteiger partial charge >= 0.3 is 5.97 Å². The van der Waals surface area contributed by atoms with Gasteiger partial charge < -0.3 is 45.2 Å². The maximum Gasteiger partial charge on any atom is 0.335 e. The molecule has 7 atom stereocenters. The first-order chi connectivity index (χ1) is 22.1. The molecule has 0 aliphatic carbocycles. The second-order valence-corrected chi connectivity index (χ2v) is 12.8. The molecule has 0 saturated carbocycles. The molecule has 250 valence electrons. The van der Waals surface area contributed by atoms with E-state index >= 15 is 0 Å². The van der Waals surface area contributed by atoms with Crippen LogP contribution >= 0.6 is 0 Å². The van der Waals surface area contributed by atoms with Gasteiger partial charge in [-0.1, -0.05) is 12.1 Å². The number of fused-ring (bicyclic) bond motifs is 6. The number of ether oxygens (including phenoxy) is 2. The molecule has 5 aliphatic heterocycles. The first-order valence-corrected chi connectivity index (χ1v) is 15.9. The van der Waals surface area contributed by atoms with E-state index in [9.17, 15) is 39.3 Å². The van der Waals surface area contributed by atoms with Crippen LogP contribution in [0.5, 0.6) is 0 Å². The van der Waals surface area contributed by atoms with Crippen LogP contribution in [0.4, 0.5) is 0 Å². The summed E-state index contributed by atoms with van der Waals surface area (Å²) in [6, 6.07) is 4.33. The fraction of sp³-hybridized carbons (Fsp3) is 0.645. The fourth-order valence-corrected chi connectivity index (χ4v) is 7.24. The number of carbonyl (C=O) groups is 5. The highest BCUT2D eigenvalue weighted by Gasteiger charge is 2.47. The van der Waals surface area contributed by atoms with E-state index < -0.39 is 60.3 Å². The second-order valence-electron chi connectivity index (χ2n) is 12.8. The minimum atomic E-state index is -1.34. The van der Waals surface area contributed by atoms with Gasteiger partial charge in [0, 0.05) is 57.9 Å². The van der Waals surface area contributed by atoms with Crippen LogP contribution in [0.2, 0.25) is 0 Å². The summed E-state index contributed by atoms with van der Waals surface area (Å²) in [6.07, 6.45) is -3.49. The Kier molecular flexibility index (Phi) is 9.57. The molecule has 6 bridgehead atoms. The summed E-state index contributed by atoms with van der Waals surface area (Å²) < 4.78 is 11.2. The molecule has 5 fully saturated rings. The summed E-state index contributed by atoms with van der Waals surface area (Å²) in [5, 5.41) is 36.3. The molecule has 0 unspecified atom stereocenters. The lowest BCUT2D eigenvalue weighted by Crippen LogP contribution is -2.64. The third kappa shape index (κ3) is 6.74. The van der Waals surface area contributed by atoms with Crippen LogP contribution in [0.1, 0.15) is 41.6 Å². The highest BCUT2D eigenvalue weighted by molar-refractivity contribution is 5.91. The molecule has 5 heterocycles. The van der Waals surface area contributed by atoms with Crippen molar-refractivity contribution in [2.45, 2.75) is 74.8 Å². The van der Waals surface area contributed by atoms with Crippen molar-refractivity contribution in [3.8, 4) is 0 Å². The monoisotopic (exact) mass is 643 g/mol. The maximum atomic E-state index is 14.2. The Morgan fingerprint density at radius 3 is 2.37 bits per heavy atom. The lowest BCUT2D eigenvalue weighted by atomic mass is 9.96. The summed E-state index contributed by atoms with van der Waals surface area (Å²) in [5.41, 5.74) is 0.925. The predicted octanol–water partition coefficient (Wildman–Crippen LogP) is -2.08. The standard InChI is InChI=1S/C31H41N5O10/c37-25-12-23-26(38)27(39)24(46-23)13-32-28(40)22-16-34(7-8-36(22)29(41)18-5-9-45-10-6-18)30(42)21-11-20(33-25)15-35(21)14-17-1-3-19(4-2-17)31(43)44/h1-4,18,20-24,26-27,38-39H,5-16H2,(H,32,40)(H,33,37)(H,43,44)/t20-,21-,22-,23-,24+,26-,27+/m0/s1. The molecule has 1 aromatic carbocycles. The summed E-state index contributed by atoms with van der Waals surface area (Å²) in [5.74, 6) is -2.63. The number of nitrogens with one attached hydrogen (secondary N) is 2. The third-order valence-corrected chi connectivity index (χ3v) is 9.81.